The second kappa shape index (κ2) is 4.82. The first-order valence-electron chi connectivity index (χ1n) is 4.38. The monoisotopic (exact) mass is 180 g/mol. The second-order valence-corrected chi connectivity index (χ2v) is 3.05. The van der Waals surface area contributed by atoms with Crippen LogP contribution in [0.25, 0.3) is 0 Å². The standard InChI is InChI=1S/C10H16N2O/c1-9-5-4-6-10(11-9)12(2)7-8-13-3/h4-6H,7-8H2,1-3H3. The van der Waals surface area contributed by atoms with Crippen LogP contribution in [0.15, 0.2) is 18.2 Å². The van der Waals surface area contributed by atoms with Crippen molar-refractivity contribution < 1.29 is 4.74 Å². The molecule has 0 saturated heterocycles. The topological polar surface area (TPSA) is 25.4 Å². The van der Waals surface area contributed by atoms with Crippen LogP contribution in [0.2, 0.25) is 0 Å². The molecule has 1 heterocycles. The summed E-state index contributed by atoms with van der Waals surface area (Å²) in [4.78, 5) is 6.48. The Morgan fingerprint density at radius 3 is 2.85 bits per heavy atom. The molecule has 72 valence electrons. The van der Waals surface area contributed by atoms with Gasteiger partial charge >= 0.3 is 0 Å². The molecule has 0 radical (unpaired) electrons. The Morgan fingerprint density at radius 2 is 2.23 bits per heavy atom. The van der Waals surface area contributed by atoms with Crippen LogP contribution in [0.3, 0.4) is 0 Å². The van der Waals surface area contributed by atoms with Gasteiger partial charge in [-0.05, 0) is 19.1 Å². The summed E-state index contributed by atoms with van der Waals surface area (Å²) in [6, 6.07) is 6.01. The molecule has 0 aliphatic heterocycles. The van der Waals surface area contributed by atoms with E-state index in [4.69, 9.17) is 4.74 Å². The third kappa shape index (κ3) is 3.03. The van der Waals surface area contributed by atoms with E-state index in [1.165, 1.54) is 0 Å². The number of aryl methyl sites for hydroxylation is 1. The van der Waals surface area contributed by atoms with Gasteiger partial charge in [0.25, 0.3) is 0 Å². The number of hydrogen-bond donors (Lipinski definition) is 0. The SMILES string of the molecule is COCCN(C)c1cccc(C)n1. The smallest absolute Gasteiger partial charge is 0.128 e. The molecule has 1 aromatic heterocycles. The Bertz CT molecular complexity index is 263. The zero-order valence-corrected chi connectivity index (χ0v) is 8.45. The first kappa shape index (κ1) is 9.99. The highest BCUT2D eigenvalue weighted by molar-refractivity contribution is 5.37. The molecule has 0 atom stereocenters. The number of ether oxygens (including phenoxy) is 1. The molecule has 0 aliphatic rings. The van der Waals surface area contributed by atoms with E-state index < -0.39 is 0 Å². The summed E-state index contributed by atoms with van der Waals surface area (Å²) in [5.74, 6) is 0.997. The second-order valence-electron chi connectivity index (χ2n) is 3.05. The predicted octanol–water partition coefficient (Wildman–Crippen LogP) is 1.47. The number of likely N-dealkylation sites (N-methyl/N-ethyl adjacent to an activating group) is 1. The van der Waals surface area contributed by atoms with Crippen molar-refractivity contribution in [3.05, 3.63) is 23.9 Å². The van der Waals surface area contributed by atoms with Crippen LogP contribution in [0.1, 0.15) is 5.69 Å². The largest absolute Gasteiger partial charge is 0.383 e. The van der Waals surface area contributed by atoms with Gasteiger partial charge in [-0.3, -0.25) is 0 Å². The number of aromatic nitrogens is 1. The third-order valence-electron chi connectivity index (χ3n) is 1.90. The highest BCUT2D eigenvalue weighted by atomic mass is 16.5. The van der Waals surface area contributed by atoms with Gasteiger partial charge in [-0.15, -0.1) is 0 Å². The lowest BCUT2D eigenvalue weighted by atomic mass is 10.3. The van der Waals surface area contributed by atoms with Gasteiger partial charge in [0.2, 0.25) is 0 Å². The summed E-state index contributed by atoms with van der Waals surface area (Å²) in [6.45, 7) is 3.59. The van der Waals surface area contributed by atoms with E-state index >= 15 is 0 Å². The van der Waals surface area contributed by atoms with E-state index in [1.54, 1.807) is 7.11 Å². The zero-order chi connectivity index (χ0) is 9.68. The molecule has 1 aromatic rings. The van der Waals surface area contributed by atoms with Crippen molar-refractivity contribution in [2.45, 2.75) is 6.92 Å². The molecular weight excluding hydrogens is 164 g/mol. The van der Waals surface area contributed by atoms with Crippen molar-refractivity contribution in [1.29, 1.82) is 0 Å². The van der Waals surface area contributed by atoms with Crippen molar-refractivity contribution in [3.63, 3.8) is 0 Å². The molecule has 0 aromatic carbocycles. The van der Waals surface area contributed by atoms with Crippen LogP contribution in [-0.2, 0) is 4.74 Å². The molecule has 0 amide bonds. The van der Waals surface area contributed by atoms with Gasteiger partial charge in [-0.2, -0.15) is 0 Å². The minimum atomic E-state index is 0.728. The minimum Gasteiger partial charge on any atom is -0.383 e. The van der Waals surface area contributed by atoms with E-state index in [-0.39, 0.29) is 0 Å². The average Bonchev–Trinajstić information content (AvgIpc) is 2.14. The fourth-order valence-electron chi connectivity index (χ4n) is 1.08. The summed E-state index contributed by atoms with van der Waals surface area (Å²) in [5.41, 5.74) is 1.04. The van der Waals surface area contributed by atoms with E-state index in [9.17, 15) is 0 Å². The number of anilines is 1. The summed E-state index contributed by atoms with van der Waals surface area (Å²) in [5, 5.41) is 0. The molecular formula is C10H16N2O. The van der Waals surface area contributed by atoms with Crippen molar-refractivity contribution >= 4 is 5.82 Å². The van der Waals surface area contributed by atoms with Crippen LogP contribution in [0, 0.1) is 6.92 Å². The lowest BCUT2D eigenvalue weighted by Crippen LogP contribution is -2.23. The Labute approximate surface area is 79.3 Å². The average molecular weight is 180 g/mol. The highest BCUT2D eigenvalue weighted by Crippen LogP contribution is 2.08. The van der Waals surface area contributed by atoms with Crippen LogP contribution >= 0.6 is 0 Å². The summed E-state index contributed by atoms with van der Waals surface area (Å²) in [7, 11) is 3.72. The van der Waals surface area contributed by atoms with E-state index in [0.29, 0.717) is 0 Å². The Morgan fingerprint density at radius 1 is 1.46 bits per heavy atom. The molecule has 0 N–H and O–H groups in total. The summed E-state index contributed by atoms with van der Waals surface area (Å²) in [6.07, 6.45) is 0. The number of rotatable bonds is 4. The van der Waals surface area contributed by atoms with Crippen molar-refractivity contribution in [1.82, 2.24) is 4.98 Å². The maximum absolute atomic E-state index is 4.99. The first-order chi connectivity index (χ1) is 6.24. The van der Waals surface area contributed by atoms with E-state index in [0.717, 1.165) is 24.7 Å². The summed E-state index contributed by atoms with van der Waals surface area (Å²) >= 11 is 0. The minimum absolute atomic E-state index is 0.728. The molecule has 13 heavy (non-hydrogen) atoms. The lowest BCUT2D eigenvalue weighted by Gasteiger charge is -2.17. The quantitative estimate of drug-likeness (QED) is 0.701. The van der Waals surface area contributed by atoms with Gasteiger partial charge in [0.05, 0.1) is 6.61 Å². The Balaban J connectivity index is 2.60. The van der Waals surface area contributed by atoms with Gasteiger partial charge in [0, 0.05) is 26.4 Å². The molecule has 3 heteroatoms. The van der Waals surface area contributed by atoms with Crippen molar-refractivity contribution in [2.75, 3.05) is 32.2 Å². The molecule has 0 saturated carbocycles. The van der Waals surface area contributed by atoms with Gasteiger partial charge < -0.3 is 9.64 Å². The fraction of sp³-hybridized carbons (Fsp3) is 0.500. The lowest BCUT2D eigenvalue weighted by molar-refractivity contribution is 0.206. The predicted molar refractivity (Wildman–Crippen MR) is 54.1 cm³/mol. The highest BCUT2D eigenvalue weighted by Gasteiger charge is 2.00. The number of nitrogens with zero attached hydrogens (tertiary/aromatic N) is 2. The first-order valence-corrected chi connectivity index (χ1v) is 4.38. The Hall–Kier alpha value is -1.09. The van der Waals surface area contributed by atoms with E-state index in [2.05, 4.69) is 9.88 Å². The molecule has 0 fully saturated rings. The van der Waals surface area contributed by atoms with Crippen molar-refractivity contribution in [2.24, 2.45) is 0 Å². The number of hydrogen-bond acceptors (Lipinski definition) is 3. The molecule has 0 spiro atoms. The number of methoxy groups -OCH3 is 1. The van der Waals surface area contributed by atoms with Gasteiger partial charge in [-0.25, -0.2) is 4.98 Å². The van der Waals surface area contributed by atoms with Crippen molar-refractivity contribution in [3.8, 4) is 0 Å². The van der Waals surface area contributed by atoms with Crippen LogP contribution in [0.5, 0.6) is 0 Å². The zero-order valence-electron chi connectivity index (χ0n) is 8.45. The van der Waals surface area contributed by atoms with E-state index in [1.807, 2.05) is 32.2 Å². The number of pyridine rings is 1. The third-order valence-corrected chi connectivity index (χ3v) is 1.90. The van der Waals surface area contributed by atoms with Gasteiger partial charge in [-0.1, -0.05) is 6.07 Å². The molecule has 0 aliphatic carbocycles. The van der Waals surface area contributed by atoms with Gasteiger partial charge in [0.1, 0.15) is 5.82 Å². The van der Waals surface area contributed by atoms with Gasteiger partial charge in [0.15, 0.2) is 0 Å². The van der Waals surface area contributed by atoms with Crippen LogP contribution in [0.4, 0.5) is 5.82 Å². The molecule has 3 nitrogen and oxygen atoms in total. The maximum atomic E-state index is 4.99. The summed E-state index contributed by atoms with van der Waals surface area (Å²) < 4.78 is 4.99. The molecule has 1 rings (SSSR count). The normalized spacial score (nSPS) is 10.1. The van der Waals surface area contributed by atoms with Crippen LogP contribution < -0.4 is 4.90 Å². The fourth-order valence-corrected chi connectivity index (χ4v) is 1.08. The van der Waals surface area contributed by atoms with Crippen LogP contribution in [-0.4, -0.2) is 32.3 Å². The molecule has 0 bridgehead atoms. The molecule has 0 unspecified atom stereocenters. The Kier molecular flexibility index (Phi) is 3.71. The maximum Gasteiger partial charge on any atom is 0.128 e.